The lowest BCUT2D eigenvalue weighted by molar-refractivity contribution is 0.536. The second-order valence-corrected chi connectivity index (χ2v) is 13.6. The average molecular weight is 605 g/mol. The number of hydrogen-bond acceptors (Lipinski definition) is 2. The molecule has 250 valence electrons. The van der Waals surface area contributed by atoms with Gasteiger partial charge in [0.25, 0.3) is 0 Å². The molecule has 0 amide bonds. The molecule has 0 saturated carbocycles. The van der Waals surface area contributed by atoms with Crippen LogP contribution in [0.1, 0.15) is 205 Å². The van der Waals surface area contributed by atoms with Crippen molar-refractivity contribution in [1.29, 1.82) is 0 Å². The molecular weight excluding hydrogens is 532 g/mol. The molecule has 2 nitrogen and oxygen atoms in total. The van der Waals surface area contributed by atoms with Crippen LogP contribution in [0.25, 0.3) is 6.08 Å². The predicted octanol–water partition coefficient (Wildman–Crippen LogP) is 13.9. The summed E-state index contributed by atoms with van der Waals surface area (Å²) in [6, 6.07) is 8.71. The van der Waals surface area contributed by atoms with Gasteiger partial charge in [0.15, 0.2) is 0 Å². The Morgan fingerprint density at radius 2 is 0.750 bits per heavy atom. The van der Waals surface area contributed by atoms with Crippen molar-refractivity contribution in [3.8, 4) is 0 Å². The molecule has 1 aliphatic rings. The van der Waals surface area contributed by atoms with Crippen LogP contribution in [0.15, 0.2) is 40.3 Å². The zero-order chi connectivity index (χ0) is 31.2. The highest BCUT2D eigenvalue weighted by molar-refractivity contribution is 6.54. The first-order valence-corrected chi connectivity index (χ1v) is 19.7. The van der Waals surface area contributed by atoms with Crippen LogP contribution in [0, 0.1) is 0 Å². The molecule has 0 aromatic heterocycles. The van der Waals surface area contributed by atoms with Crippen molar-refractivity contribution in [2.45, 2.75) is 194 Å². The highest BCUT2D eigenvalue weighted by Gasteiger charge is 2.16. The minimum Gasteiger partial charge on any atom is -0.283 e. The summed E-state index contributed by atoms with van der Waals surface area (Å²) in [6.07, 6.45) is 43.6. The van der Waals surface area contributed by atoms with E-state index in [1.165, 1.54) is 191 Å². The van der Waals surface area contributed by atoms with Crippen LogP contribution in [0.2, 0.25) is 0 Å². The van der Waals surface area contributed by atoms with Gasteiger partial charge in [0, 0.05) is 18.7 Å². The molecule has 1 aliphatic carbocycles. The van der Waals surface area contributed by atoms with Gasteiger partial charge in [-0.15, -0.1) is 0 Å². The smallest absolute Gasteiger partial charge is 0.0904 e. The summed E-state index contributed by atoms with van der Waals surface area (Å²) >= 11 is 0. The van der Waals surface area contributed by atoms with E-state index >= 15 is 0 Å². The third-order valence-corrected chi connectivity index (χ3v) is 9.45. The number of allylic oxidation sites excluding steroid dienone is 1. The van der Waals surface area contributed by atoms with Crippen molar-refractivity contribution in [1.82, 2.24) is 0 Å². The molecule has 0 N–H and O–H groups in total. The number of rotatable bonds is 30. The number of hydrogen-bond donors (Lipinski definition) is 0. The molecule has 0 spiro atoms. The molecule has 2 rings (SSSR count). The quantitative estimate of drug-likeness (QED) is 0.0780. The molecule has 0 saturated heterocycles. The van der Waals surface area contributed by atoms with Gasteiger partial charge in [0.1, 0.15) is 0 Å². The number of aliphatic imine (C=N–C) groups is 2. The lowest BCUT2D eigenvalue weighted by Crippen LogP contribution is -2.19. The molecule has 0 aliphatic heterocycles. The van der Waals surface area contributed by atoms with Crippen LogP contribution in [0.4, 0.5) is 0 Å². The van der Waals surface area contributed by atoms with Crippen molar-refractivity contribution < 1.29 is 0 Å². The number of benzene rings is 1. The lowest BCUT2D eigenvalue weighted by Gasteiger charge is -2.15. The van der Waals surface area contributed by atoms with E-state index in [1.807, 2.05) is 0 Å². The van der Waals surface area contributed by atoms with Gasteiger partial charge in [-0.3, -0.25) is 9.98 Å². The Labute approximate surface area is 275 Å². The molecule has 0 atom stereocenters. The van der Waals surface area contributed by atoms with Crippen molar-refractivity contribution in [2.24, 2.45) is 9.98 Å². The normalized spacial score (nSPS) is 14.6. The molecule has 0 heterocycles. The van der Waals surface area contributed by atoms with Crippen LogP contribution in [-0.4, -0.2) is 24.5 Å². The van der Waals surface area contributed by atoms with Crippen LogP contribution in [-0.2, 0) is 0 Å². The van der Waals surface area contributed by atoms with E-state index < -0.39 is 0 Å². The van der Waals surface area contributed by atoms with E-state index in [2.05, 4.69) is 50.3 Å². The number of fused-ring (bicyclic) bond motifs is 1. The maximum absolute atomic E-state index is 5.12. The van der Waals surface area contributed by atoms with Gasteiger partial charge in [-0.05, 0) is 24.5 Å². The topological polar surface area (TPSA) is 24.7 Å². The Balaban J connectivity index is 1.55. The summed E-state index contributed by atoms with van der Waals surface area (Å²) in [5, 5.41) is 0. The first-order chi connectivity index (χ1) is 21.9. The summed E-state index contributed by atoms with van der Waals surface area (Å²) in [7, 11) is 0. The summed E-state index contributed by atoms with van der Waals surface area (Å²) in [5.41, 5.74) is 4.77. The minimum atomic E-state index is 0.924. The fourth-order valence-corrected chi connectivity index (χ4v) is 6.54. The first kappa shape index (κ1) is 38.5. The van der Waals surface area contributed by atoms with E-state index in [0.29, 0.717) is 0 Å². The standard InChI is InChI=1S/C42H72N2/c1-3-5-7-9-11-13-15-17-19-21-23-25-27-31-37-43-41-36-35-39-33-29-30-34-40(39)42(41)44-38-32-28-26-24-22-20-18-16-14-12-10-8-6-4-2/h29-30,33-36H,3-28,31-32,37-38H2,1-2H3. The zero-order valence-electron chi connectivity index (χ0n) is 29.6. The minimum absolute atomic E-state index is 0.924. The second kappa shape index (κ2) is 28.8. The highest BCUT2D eigenvalue weighted by atomic mass is 14.8. The zero-order valence-corrected chi connectivity index (χ0v) is 29.6. The molecular formula is C42H72N2. The predicted molar refractivity (Wildman–Crippen MR) is 200 cm³/mol. The van der Waals surface area contributed by atoms with Gasteiger partial charge < -0.3 is 0 Å². The SMILES string of the molecule is CCCCCCCCCCCCCCCCN=C1C=Cc2ccccc2C1=NCCCCCCCCCCCCCCCC. The maximum Gasteiger partial charge on any atom is 0.0904 e. The van der Waals surface area contributed by atoms with Crippen molar-refractivity contribution in [3.63, 3.8) is 0 Å². The molecule has 0 unspecified atom stereocenters. The molecule has 0 bridgehead atoms. The van der Waals surface area contributed by atoms with Crippen LogP contribution < -0.4 is 0 Å². The van der Waals surface area contributed by atoms with Crippen molar-refractivity contribution >= 4 is 17.5 Å². The molecule has 44 heavy (non-hydrogen) atoms. The van der Waals surface area contributed by atoms with E-state index in [4.69, 9.17) is 9.98 Å². The Kier molecular flexibility index (Phi) is 25.1. The van der Waals surface area contributed by atoms with E-state index in [1.54, 1.807) is 0 Å². The van der Waals surface area contributed by atoms with Crippen LogP contribution in [0.3, 0.4) is 0 Å². The maximum atomic E-state index is 5.12. The Bertz CT molecular complexity index is 880. The van der Waals surface area contributed by atoms with Crippen molar-refractivity contribution in [3.05, 3.63) is 41.5 Å². The van der Waals surface area contributed by atoms with Crippen molar-refractivity contribution in [2.75, 3.05) is 13.1 Å². The van der Waals surface area contributed by atoms with E-state index in [9.17, 15) is 0 Å². The van der Waals surface area contributed by atoms with Gasteiger partial charge >= 0.3 is 0 Å². The average Bonchev–Trinajstić information content (AvgIpc) is 3.05. The summed E-state index contributed by atoms with van der Waals surface area (Å²) in [4.78, 5) is 10.2. The van der Waals surface area contributed by atoms with Gasteiger partial charge in [0.05, 0.1) is 11.4 Å². The Hall–Kier alpha value is -1.70. The summed E-state index contributed by atoms with van der Waals surface area (Å²) in [6.45, 7) is 6.45. The third kappa shape index (κ3) is 19.6. The molecule has 0 radical (unpaired) electrons. The molecule has 2 heteroatoms. The van der Waals surface area contributed by atoms with Crippen LogP contribution in [0.5, 0.6) is 0 Å². The largest absolute Gasteiger partial charge is 0.283 e. The van der Waals surface area contributed by atoms with Gasteiger partial charge in [-0.2, -0.15) is 0 Å². The van der Waals surface area contributed by atoms with Gasteiger partial charge in [-0.25, -0.2) is 0 Å². The third-order valence-electron chi connectivity index (χ3n) is 9.45. The van der Waals surface area contributed by atoms with E-state index in [-0.39, 0.29) is 0 Å². The Morgan fingerprint density at radius 3 is 1.18 bits per heavy atom. The second-order valence-electron chi connectivity index (χ2n) is 13.6. The van der Waals surface area contributed by atoms with Crippen LogP contribution >= 0.6 is 0 Å². The summed E-state index contributed by atoms with van der Waals surface area (Å²) < 4.78 is 0. The fourth-order valence-electron chi connectivity index (χ4n) is 6.54. The molecule has 1 aromatic carbocycles. The highest BCUT2D eigenvalue weighted by Crippen LogP contribution is 2.20. The lowest BCUT2D eigenvalue weighted by atomic mass is 9.94. The number of unbranched alkanes of at least 4 members (excludes halogenated alkanes) is 26. The monoisotopic (exact) mass is 605 g/mol. The van der Waals surface area contributed by atoms with Gasteiger partial charge in [-0.1, -0.05) is 211 Å². The molecule has 1 aromatic rings. The van der Waals surface area contributed by atoms with Gasteiger partial charge in [0.2, 0.25) is 0 Å². The first-order valence-electron chi connectivity index (χ1n) is 19.7. The molecule has 0 fully saturated rings. The van der Waals surface area contributed by atoms with E-state index in [0.717, 1.165) is 24.5 Å². The summed E-state index contributed by atoms with van der Waals surface area (Å²) in [5.74, 6) is 0. The fraction of sp³-hybridized carbons (Fsp3) is 0.762. The Morgan fingerprint density at radius 1 is 0.386 bits per heavy atom. The number of nitrogens with zero attached hydrogens (tertiary/aromatic N) is 2.